The van der Waals surface area contributed by atoms with E-state index in [-0.39, 0.29) is 18.2 Å². The van der Waals surface area contributed by atoms with Crippen molar-refractivity contribution in [2.75, 3.05) is 5.32 Å². The van der Waals surface area contributed by atoms with Crippen LogP contribution in [-0.4, -0.2) is 36.6 Å². The molecule has 4 rings (SSSR count). The number of nitrogens with one attached hydrogen (secondary N) is 1. The highest BCUT2D eigenvalue weighted by Crippen LogP contribution is 2.34. The Labute approximate surface area is 122 Å². The first-order valence-corrected chi connectivity index (χ1v) is 7.09. The number of fused-ring (bicyclic) bond motifs is 1. The standard InChI is InChI=1S/C15H17N5O/c1-19-12-6-3-2-5-10(12)17-15(19)18-11-9-13(21)14(11)20-8-4-7-16-20/h2-8,11,13-14,21H,9H2,1H3,(H,17,18)/t11-,13+,14+/m0/s1. The number of nitrogens with zero attached hydrogens (tertiary/aromatic N) is 4. The fraction of sp³-hybridized carbons (Fsp3) is 0.333. The predicted molar refractivity (Wildman–Crippen MR) is 80.0 cm³/mol. The average Bonchev–Trinajstić information content (AvgIpc) is 3.08. The maximum atomic E-state index is 10.0. The topological polar surface area (TPSA) is 67.9 Å². The van der Waals surface area contributed by atoms with Crippen LogP contribution in [0.2, 0.25) is 0 Å². The number of aliphatic hydroxyl groups excluding tert-OH is 1. The number of hydrogen-bond donors (Lipinski definition) is 2. The van der Waals surface area contributed by atoms with Crippen molar-refractivity contribution in [1.29, 1.82) is 0 Å². The Balaban J connectivity index is 1.62. The summed E-state index contributed by atoms with van der Waals surface area (Å²) in [5.74, 6) is 0.824. The Hall–Kier alpha value is -2.34. The van der Waals surface area contributed by atoms with Gasteiger partial charge in [0, 0.05) is 19.4 Å². The van der Waals surface area contributed by atoms with Gasteiger partial charge in [-0.05, 0) is 24.6 Å². The van der Waals surface area contributed by atoms with E-state index in [1.807, 2.05) is 52.8 Å². The maximum Gasteiger partial charge on any atom is 0.203 e. The summed E-state index contributed by atoms with van der Waals surface area (Å²) in [6.07, 6.45) is 3.96. The molecular weight excluding hydrogens is 266 g/mol. The number of hydrogen-bond acceptors (Lipinski definition) is 4. The molecule has 2 heterocycles. The molecule has 1 aromatic carbocycles. The van der Waals surface area contributed by atoms with E-state index >= 15 is 0 Å². The largest absolute Gasteiger partial charge is 0.391 e. The second-order valence-corrected chi connectivity index (χ2v) is 5.51. The van der Waals surface area contributed by atoms with Gasteiger partial charge in [-0.15, -0.1) is 0 Å². The molecule has 0 unspecified atom stereocenters. The summed E-state index contributed by atoms with van der Waals surface area (Å²) in [4.78, 5) is 4.62. The van der Waals surface area contributed by atoms with Gasteiger partial charge in [0.2, 0.25) is 5.95 Å². The van der Waals surface area contributed by atoms with Gasteiger partial charge >= 0.3 is 0 Å². The third-order valence-corrected chi connectivity index (χ3v) is 4.23. The minimum atomic E-state index is -0.364. The summed E-state index contributed by atoms with van der Waals surface area (Å²) < 4.78 is 3.86. The molecule has 1 aliphatic carbocycles. The fourth-order valence-corrected chi connectivity index (χ4v) is 3.01. The molecule has 0 saturated heterocycles. The van der Waals surface area contributed by atoms with Crippen LogP contribution >= 0.6 is 0 Å². The molecule has 2 aromatic heterocycles. The van der Waals surface area contributed by atoms with E-state index < -0.39 is 0 Å². The Morgan fingerprint density at radius 1 is 1.29 bits per heavy atom. The normalized spacial score (nSPS) is 25.0. The third-order valence-electron chi connectivity index (χ3n) is 4.23. The van der Waals surface area contributed by atoms with Crippen molar-refractivity contribution in [2.24, 2.45) is 7.05 Å². The Bertz CT molecular complexity index is 764. The first-order chi connectivity index (χ1) is 10.2. The number of anilines is 1. The zero-order chi connectivity index (χ0) is 14.4. The van der Waals surface area contributed by atoms with Gasteiger partial charge in [-0.1, -0.05) is 12.1 Å². The van der Waals surface area contributed by atoms with Gasteiger partial charge in [-0.3, -0.25) is 4.68 Å². The lowest BCUT2D eigenvalue weighted by Gasteiger charge is -2.42. The van der Waals surface area contributed by atoms with Gasteiger partial charge in [-0.2, -0.15) is 5.10 Å². The molecule has 6 heteroatoms. The van der Waals surface area contributed by atoms with Crippen molar-refractivity contribution < 1.29 is 5.11 Å². The monoisotopic (exact) mass is 283 g/mol. The second kappa shape index (κ2) is 4.60. The summed E-state index contributed by atoms with van der Waals surface area (Å²) in [7, 11) is 2.00. The highest BCUT2D eigenvalue weighted by molar-refractivity contribution is 5.78. The van der Waals surface area contributed by atoms with Gasteiger partial charge in [0.25, 0.3) is 0 Å². The lowest BCUT2D eigenvalue weighted by molar-refractivity contribution is 0.0131. The van der Waals surface area contributed by atoms with E-state index in [9.17, 15) is 5.11 Å². The SMILES string of the molecule is Cn1c(N[C@H]2C[C@@H](O)[C@@H]2n2cccn2)nc2ccccc21. The van der Waals surface area contributed by atoms with Crippen LogP contribution in [0.5, 0.6) is 0 Å². The van der Waals surface area contributed by atoms with E-state index in [0.29, 0.717) is 6.42 Å². The molecule has 1 aliphatic rings. The van der Waals surface area contributed by atoms with Crippen LogP contribution in [-0.2, 0) is 7.05 Å². The Morgan fingerprint density at radius 2 is 2.14 bits per heavy atom. The van der Waals surface area contributed by atoms with E-state index in [1.54, 1.807) is 6.20 Å². The van der Waals surface area contributed by atoms with Crippen molar-refractivity contribution in [1.82, 2.24) is 19.3 Å². The number of rotatable bonds is 3. The predicted octanol–water partition coefficient (Wildman–Crippen LogP) is 1.56. The van der Waals surface area contributed by atoms with Crippen molar-refractivity contribution in [3.8, 4) is 0 Å². The average molecular weight is 283 g/mol. The zero-order valence-corrected chi connectivity index (χ0v) is 11.7. The minimum absolute atomic E-state index is 0.0418. The molecule has 0 bridgehead atoms. The first-order valence-electron chi connectivity index (χ1n) is 7.09. The molecule has 0 aliphatic heterocycles. The second-order valence-electron chi connectivity index (χ2n) is 5.51. The van der Waals surface area contributed by atoms with Gasteiger partial charge in [0.05, 0.1) is 29.2 Å². The van der Waals surface area contributed by atoms with E-state index in [2.05, 4.69) is 15.4 Å². The molecule has 108 valence electrons. The number of aromatic nitrogens is 4. The van der Waals surface area contributed by atoms with Gasteiger partial charge in [0.1, 0.15) is 0 Å². The van der Waals surface area contributed by atoms with E-state index in [1.165, 1.54) is 0 Å². The highest BCUT2D eigenvalue weighted by Gasteiger charge is 2.42. The van der Waals surface area contributed by atoms with Crippen molar-refractivity contribution in [3.63, 3.8) is 0 Å². The van der Waals surface area contributed by atoms with Crippen molar-refractivity contribution in [3.05, 3.63) is 42.7 Å². The van der Waals surface area contributed by atoms with Crippen LogP contribution in [0.1, 0.15) is 12.5 Å². The highest BCUT2D eigenvalue weighted by atomic mass is 16.3. The number of para-hydroxylation sites is 2. The quantitative estimate of drug-likeness (QED) is 0.765. The molecule has 21 heavy (non-hydrogen) atoms. The van der Waals surface area contributed by atoms with E-state index in [0.717, 1.165) is 17.0 Å². The molecule has 1 fully saturated rings. The smallest absolute Gasteiger partial charge is 0.203 e. The van der Waals surface area contributed by atoms with Crippen LogP contribution in [0.4, 0.5) is 5.95 Å². The van der Waals surface area contributed by atoms with E-state index in [4.69, 9.17) is 0 Å². The van der Waals surface area contributed by atoms with Crippen LogP contribution < -0.4 is 5.32 Å². The lowest BCUT2D eigenvalue weighted by Crippen LogP contribution is -2.51. The zero-order valence-electron chi connectivity index (χ0n) is 11.7. The van der Waals surface area contributed by atoms with Crippen LogP contribution in [0.15, 0.2) is 42.7 Å². The molecule has 1 saturated carbocycles. The molecule has 0 radical (unpaired) electrons. The summed E-state index contributed by atoms with van der Waals surface area (Å²) in [5, 5.41) is 17.7. The van der Waals surface area contributed by atoms with Crippen LogP contribution in [0.3, 0.4) is 0 Å². The minimum Gasteiger partial charge on any atom is -0.391 e. The van der Waals surface area contributed by atoms with Gasteiger partial charge < -0.3 is 15.0 Å². The molecule has 0 spiro atoms. The molecule has 3 atom stereocenters. The molecule has 2 N–H and O–H groups in total. The van der Waals surface area contributed by atoms with Crippen molar-refractivity contribution in [2.45, 2.75) is 24.6 Å². The summed E-state index contributed by atoms with van der Waals surface area (Å²) >= 11 is 0. The molecule has 6 nitrogen and oxygen atoms in total. The van der Waals surface area contributed by atoms with Crippen LogP contribution in [0, 0.1) is 0 Å². The Kier molecular flexibility index (Phi) is 2.71. The van der Waals surface area contributed by atoms with Gasteiger partial charge in [0.15, 0.2) is 0 Å². The Morgan fingerprint density at radius 3 is 2.86 bits per heavy atom. The molecular formula is C15H17N5O. The fourth-order valence-electron chi connectivity index (χ4n) is 3.01. The number of aryl methyl sites for hydroxylation is 1. The molecule has 3 aromatic rings. The van der Waals surface area contributed by atoms with Crippen LogP contribution in [0.25, 0.3) is 11.0 Å². The number of imidazole rings is 1. The number of aliphatic hydroxyl groups is 1. The van der Waals surface area contributed by atoms with Gasteiger partial charge in [-0.25, -0.2) is 4.98 Å². The number of benzene rings is 1. The first kappa shape index (κ1) is 12.4. The lowest BCUT2D eigenvalue weighted by atomic mass is 9.83. The third kappa shape index (κ3) is 1.91. The van der Waals surface area contributed by atoms with Crippen molar-refractivity contribution >= 4 is 17.0 Å². The maximum absolute atomic E-state index is 10.0. The summed E-state index contributed by atoms with van der Waals surface area (Å²) in [6, 6.07) is 10.0. The molecule has 0 amide bonds. The summed E-state index contributed by atoms with van der Waals surface area (Å²) in [6.45, 7) is 0. The summed E-state index contributed by atoms with van der Waals surface area (Å²) in [5.41, 5.74) is 2.06.